The second-order valence-electron chi connectivity index (χ2n) is 5.08. The third kappa shape index (κ3) is 5.38. The predicted octanol–water partition coefficient (Wildman–Crippen LogP) is 4.24. The summed E-state index contributed by atoms with van der Waals surface area (Å²) in [6, 6.07) is 3.86. The Kier molecular flexibility index (Phi) is 7.22. The molecule has 1 N–H and O–H groups in total. The van der Waals surface area contributed by atoms with Gasteiger partial charge >= 0.3 is 0 Å². The van der Waals surface area contributed by atoms with Crippen molar-refractivity contribution in [1.82, 2.24) is 5.32 Å². The second kappa shape index (κ2) is 8.67. The summed E-state index contributed by atoms with van der Waals surface area (Å²) in [6.07, 6.45) is 0.583. The molecule has 118 valence electrons. The van der Waals surface area contributed by atoms with Crippen molar-refractivity contribution in [2.45, 2.75) is 52.0 Å². The number of nitro benzene ring substituents is 1. The van der Waals surface area contributed by atoms with E-state index in [1.54, 1.807) is 0 Å². The molecule has 0 aromatic heterocycles. The molecule has 0 saturated heterocycles. The molecule has 1 aromatic rings. The number of hydrogen-bond acceptors (Lipinski definition) is 3. The fraction of sp³-hybridized carbons (Fsp3) is 0.600. The van der Waals surface area contributed by atoms with Gasteiger partial charge in [-0.05, 0) is 31.4 Å². The van der Waals surface area contributed by atoms with E-state index in [-0.39, 0.29) is 17.3 Å². The van der Waals surface area contributed by atoms with E-state index in [0.29, 0.717) is 12.0 Å². The summed E-state index contributed by atoms with van der Waals surface area (Å²) in [7, 11) is 0. The van der Waals surface area contributed by atoms with Crippen molar-refractivity contribution in [2.75, 3.05) is 6.54 Å². The molecule has 0 radical (unpaired) electrons. The molecule has 0 amide bonds. The van der Waals surface area contributed by atoms with Crippen LogP contribution in [-0.2, 0) is 6.42 Å². The van der Waals surface area contributed by atoms with Crippen molar-refractivity contribution in [2.24, 2.45) is 0 Å². The Morgan fingerprint density at radius 2 is 2.00 bits per heavy atom. The Hall–Kier alpha value is -1.56. The van der Waals surface area contributed by atoms with Gasteiger partial charge in [-0.2, -0.15) is 0 Å². The first-order valence-corrected chi connectivity index (χ1v) is 7.28. The number of alkyl halides is 2. The summed E-state index contributed by atoms with van der Waals surface area (Å²) >= 11 is 0. The lowest BCUT2D eigenvalue weighted by Crippen LogP contribution is -2.32. The van der Waals surface area contributed by atoms with Crippen LogP contribution in [0.1, 0.15) is 50.7 Å². The van der Waals surface area contributed by atoms with Crippen LogP contribution in [0.2, 0.25) is 0 Å². The first-order chi connectivity index (χ1) is 9.99. The van der Waals surface area contributed by atoms with Crippen LogP contribution in [0.15, 0.2) is 18.2 Å². The second-order valence-corrected chi connectivity index (χ2v) is 5.08. The lowest BCUT2D eigenvalue weighted by molar-refractivity contribution is -0.385. The van der Waals surface area contributed by atoms with Gasteiger partial charge in [0.05, 0.1) is 4.92 Å². The molecular formula is C15H22F2N2O2. The molecule has 0 fully saturated rings. The fourth-order valence-corrected chi connectivity index (χ4v) is 2.32. The molecule has 4 nitrogen and oxygen atoms in total. The maximum atomic E-state index is 13.1. The van der Waals surface area contributed by atoms with Gasteiger partial charge in [0.1, 0.15) is 0 Å². The van der Waals surface area contributed by atoms with Gasteiger partial charge in [0, 0.05) is 23.7 Å². The molecule has 0 aliphatic heterocycles. The minimum atomic E-state index is -2.70. The zero-order valence-corrected chi connectivity index (χ0v) is 12.4. The molecule has 0 saturated carbocycles. The monoisotopic (exact) mass is 300 g/mol. The number of nitrogens with zero attached hydrogens (tertiary/aromatic N) is 1. The van der Waals surface area contributed by atoms with E-state index in [2.05, 4.69) is 5.32 Å². The lowest BCUT2D eigenvalue weighted by Gasteiger charge is -2.19. The molecule has 1 aromatic carbocycles. The fourth-order valence-electron chi connectivity index (χ4n) is 2.32. The Bertz CT molecular complexity index is 467. The quantitative estimate of drug-likeness (QED) is 0.548. The first-order valence-electron chi connectivity index (χ1n) is 7.28. The maximum Gasteiger partial charge on any atom is 0.269 e. The highest BCUT2D eigenvalue weighted by molar-refractivity contribution is 5.41. The van der Waals surface area contributed by atoms with Crippen LogP contribution in [0, 0.1) is 10.1 Å². The molecule has 1 rings (SSSR count). The van der Waals surface area contributed by atoms with Crippen molar-refractivity contribution >= 4 is 5.69 Å². The molecule has 0 heterocycles. The molecule has 0 spiro atoms. The number of halogens is 2. The van der Waals surface area contributed by atoms with E-state index < -0.39 is 11.3 Å². The van der Waals surface area contributed by atoms with Crippen molar-refractivity contribution in [3.05, 3.63) is 39.4 Å². The van der Waals surface area contributed by atoms with E-state index in [1.807, 2.05) is 13.8 Å². The SMILES string of the molecule is CCCNC(CCC)Cc1ccc([N+](=O)[O-])cc1C(F)F. The Morgan fingerprint density at radius 1 is 1.29 bits per heavy atom. The average molecular weight is 300 g/mol. The van der Waals surface area contributed by atoms with Crippen molar-refractivity contribution in [1.29, 1.82) is 0 Å². The standard InChI is InChI=1S/C15H22F2N2O2/c1-3-5-12(18-8-4-2)9-11-6-7-13(19(20)21)10-14(11)15(16)17/h6-7,10,12,15,18H,3-5,8-9H2,1-2H3. The van der Waals surface area contributed by atoms with Gasteiger partial charge in [-0.15, -0.1) is 0 Å². The minimum Gasteiger partial charge on any atom is -0.314 e. The molecule has 0 aliphatic carbocycles. The number of rotatable bonds is 9. The normalized spacial score (nSPS) is 12.6. The van der Waals surface area contributed by atoms with Crippen LogP contribution in [0.25, 0.3) is 0 Å². The van der Waals surface area contributed by atoms with Gasteiger partial charge in [0.25, 0.3) is 12.1 Å². The predicted molar refractivity (Wildman–Crippen MR) is 78.7 cm³/mol. The summed E-state index contributed by atoms with van der Waals surface area (Å²) in [5, 5.41) is 14.0. The van der Waals surface area contributed by atoms with Crippen molar-refractivity contribution in [3.63, 3.8) is 0 Å². The topological polar surface area (TPSA) is 55.2 Å². The summed E-state index contributed by atoms with van der Waals surface area (Å²) in [5.74, 6) is 0. The largest absolute Gasteiger partial charge is 0.314 e. The molecule has 21 heavy (non-hydrogen) atoms. The summed E-state index contributed by atoms with van der Waals surface area (Å²) in [6.45, 7) is 4.93. The Labute approximate surface area is 123 Å². The van der Waals surface area contributed by atoms with Gasteiger partial charge in [-0.1, -0.05) is 26.3 Å². The minimum absolute atomic E-state index is 0.119. The van der Waals surface area contributed by atoms with Crippen LogP contribution < -0.4 is 5.32 Å². The number of nitro groups is 1. The molecule has 0 bridgehead atoms. The highest BCUT2D eigenvalue weighted by Crippen LogP contribution is 2.28. The van der Waals surface area contributed by atoms with Gasteiger partial charge in [-0.25, -0.2) is 8.78 Å². The van der Waals surface area contributed by atoms with Gasteiger partial charge in [-0.3, -0.25) is 10.1 Å². The first kappa shape index (κ1) is 17.5. The van der Waals surface area contributed by atoms with Crippen LogP contribution in [0.4, 0.5) is 14.5 Å². The highest BCUT2D eigenvalue weighted by atomic mass is 19.3. The van der Waals surface area contributed by atoms with Gasteiger partial charge in [0.2, 0.25) is 0 Å². The van der Waals surface area contributed by atoms with Gasteiger partial charge in [0.15, 0.2) is 0 Å². The van der Waals surface area contributed by atoms with E-state index >= 15 is 0 Å². The van der Waals surface area contributed by atoms with E-state index in [0.717, 1.165) is 31.9 Å². The third-order valence-electron chi connectivity index (χ3n) is 3.36. The molecule has 1 unspecified atom stereocenters. The van der Waals surface area contributed by atoms with E-state index in [4.69, 9.17) is 0 Å². The smallest absolute Gasteiger partial charge is 0.269 e. The zero-order valence-electron chi connectivity index (χ0n) is 12.4. The number of non-ortho nitro benzene ring substituents is 1. The zero-order chi connectivity index (χ0) is 15.8. The Balaban J connectivity index is 2.96. The Morgan fingerprint density at radius 3 is 2.52 bits per heavy atom. The van der Waals surface area contributed by atoms with Crippen LogP contribution in [0.3, 0.4) is 0 Å². The number of hydrogen-bond donors (Lipinski definition) is 1. The number of nitrogens with one attached hydrogen (secondary N) is 1. The molecule has 6 heteroatoms. The molecular weight excluding hydrogens is 278 g/mol. The van der Waals surface area contributed by atoms with Crippen LogP contribution >= 0.6 is 0 Å². The summed E-state index contributed by atoms with van der Waals surface area (Å²) < 4.78 is 26.2. The molecule has 0 aliphatic rings. The summed E-state index contributed by atoms with van der Waals surface area (Å²) in [5.41, 5.74) is -0.0381. The van der Waals surface area contributed by atoms with Gasteiger partial charge < -0.3 is 5.32 Å². The van der Waals surface area contributed by atoms with Crippen LogP contribution in [-0.4, -0.2) is 17.5 Å². The van der Waals surface area contributed by atoms with E-state index in [9.17, 15) is 18.9 Å². The third-order valence-corrected chi connectivity index (χ3v) is 3.36. The van der Waals surface area contributed by atoms with Crippen molar-refractivity contribution in [3.8, 4) is 0 Å². The highest BCUT2D eigenvalue weighted by Gasteiger charge is 2.20. The van der Waals surface area contributed by atoms with E-state index in [1.165, 1.54) is 12.1 Å². The number of benzene rings is 1. The van der Waals surface area contributed by atoms with Crippen LogP contribution in [0.5, 0.6) is 0 Å². The maximum absolute atomic E-state index is 13.1. The average Bonchev–Trinajstić information content (AvgIpc) is 2.44. The lowest BCUT2D eigenvalue weighted by atomic mass is 9.97. The molecule has 1 atom stereocenters. The summed E-state index contributed by atoms with van der Waals surface area (Å²) in [4.78, 5) is 10.1. The van der Waals surface area contributed by atoms with Crippen molar-refractivity contribution < 1.29 is 13.7 Å².